The minimum absolute atomic E-state index is 0. The summed E-state index contributed by atoms with van der Waals surface area (Å²) < 4.78 is 29.6. The number of hydrogen-bond acceptors (Lipinski definition) is 6. The number of hydrogen-bond donors (Lipinski definition) is 2. The molecule has 1 aromatic heterocycles. The van der Waals surface area contributed by atoms with Gasteiger partial charge in [-0.1, -0.05) is 42.8 Å². The van der Waals surface area contributed by atoms with Crippen LogP contribution in [-0.2, 0) is 6.54 Å². The Labute approximate surface area is 252 Å². The summed E-state index contributed by atoms with van der Waals surface area (Å²) in [5, 5.41) is 3.88. The lowest BCUT2D eigenvalue weighted by atomic mass is 9.95. The number of benzene rings is 3. The Hall–Kier alpha value is -3.92. The highest BCUT2D eigenvalue weighted by molar-refractivity contribution is 6.34. The molecule has 0 atom stereocenters. The van der Waals surface area contributed by atoms with Crippen LogP contribution in [-0.4, -0.2) is 45.6 Å². The molecule has 3 heterocycles. The van der Waals surface area contributed by atoms with Crippen molar-refractivity contribution in [3.8, 4) is 11.3 Å². The quantitative estimate of drug-likeness (QED) is 0.259. The van der Waals surface area contributed by atoms with Crippen LogP contribution >= 0.6 is 23.2 Å². The molecule has 6 rings (SSSR count). The smallest absolute Gasteiger partial charge is 0.255 e. The van der Waals surface area contributed by atoms with E-state index in [0.717, 1.165) is 12.8 Å². The number of aromatic nitrogens is 2. The summed E-state index contributed by atoms with van der Waals surface area (Å²) in [6, 6.07) is 13.9. The van der Waals surface area contributed by atoms with Crippen molar-refractivity contribution in [2.24, 2.45) is 10.7 Å². The van der Waals surface area contributed by atoms with Gasteiger partial charge in [0.2, 0.25) is 5.95 Å². The van der Waals surface area contributed by atoms with Crippen LogP contribution in [0.25, 0.3) is 11.3 Å². The number of carbonyl (C=O) groups excluding carboxylic acids is 1. The molecule has 216 valence electrons. The Morgan fingerprint density at radius 2 is 1.74 bits per heavy atom. The first kappa shape index (κ1) is 29.6. The van der Waals surface area contributed by atoms with Gasteiger partial charge in [0.1, 0.15) is 11.6 Å². The summed E-state index contributed by atoms with van der Waals surface area (Å²) in [7, 11) is 0. The molecule has 1 fully saturated rings. The van der Waals surface area contributed by atoms with Crippen molar-refractivity contribution in [3.05, 3.63) is 105 Å². The Bertz CT molecular complexity index is 1690. The normalized spacial score (nSPS) is 14.7. The fourth-order valence-electron chi connectivity index (χ4n) is 5.09. The molecule has 2 aliphatic rings. The minimum Gasteiger partial charge on any atom is -0.338 e. The highest BCUT2D eigenvalue weighted by atomic mass is 35.5. The number of amides is 1. The maximum Gasteiger partial charge on any atom is 0.255 e. The maximum atomic E-state index is 14.8. The van der Waals surface area contributed by atoms with E-state index >= 15 is 0 Å². The van der Waals surface area contributed by atoms with Crippen molar-refractivity contribution >= 4 is 46.5 Å². The standard InChI is InChI=1S/C30H24Cl2F2N6O.CH4/c31-17-4-6-20-21(12-17)28(26-24(33)2-1-3-25(26)34)36-14-16-15-37-30(39-27(16)20)38-19-5-7-23(32)22(13-19)29(41)40-10-8-18(35)9-11-40;/h1-7,12-13,15,18H,8-11,14,35H2,(H,37,38,39);1H4. The summed E-state index contributed by atoms with van der Waals surface area (Å²) in [4.78, 5) is 28.7. The third-order valence-corrected chi connectivity index (χ3v) is 7.81. The number of rotatable bonds is 4. The minimum atomic E-state index is -0.727. The van der Waals surface area contributed by atoms with Gasteiger partial charge < -0.3 is 16.0 Å². The average Bonchev–Trinajstić information content (AvgIpc) is 3.10. The molecule has 0 bridgehead atoms. The van der Waals surface area contributed by atoms with Gasteiger partial charge in [-0.3, -0.25) is 9.79 Å². The number of aliphatic imine (C=N–C) groups is 1. The van der Waals surface area contributed by atoms with Crippen LogP contribution in [0.5, 0.6) is 0 Å². The second-order valence-electron chi connectivity index (χ2n) is 9.97. The largest absolute Gasteiger partial charge is 0.338 e. The number of nitrogens with two attached hydrogens (primary N) is 1. The van der Waals surface area contributed by atoms with Crippen LogP contribution in [0, 0.1) is 11.6 Å². The van der Waals surface area contributed by atoms with Crippen LogP contribution in [0.15, 0.2) is 65.8 Å². The number of nitrogens with zero attached hydrogens (tertiary/aromatic N) is 4. The van der Waals surface area contributed by atoms with Gasteiger partial charge in [-0.25, -0.2) is 18.7 Å². The Kier molecular flexibility index (Phi) is 8.54. The number of fused-ring (bicyclic) bond motifs is 3. The molecule has 3 N–H and O–H groups in total. The Morgan fingerprint density at radius 1 is 1.00 bits per heavy atom. The Balaban J connectivity index is 0.00000353. The van der Waals surface area contributed by atoms with Crippen LogP contribution in [0.2, 0.25) is 10.0 Å². The van der Waals surface area contributed by atoms with E-state index in [1.165, 1.54) is 18.2 Å². The van der Waals surface area contributed by atoms with Crippen molar-refractivity contribution in [1.82, 2.24) is 14.9 Å². The van der Waals surface area contributed by atoms with Gasteiger partial charge >= 0.3 is 0 Å². The lowest BCUT2D eigenvalue weighted by Crippen LogP contribution is -2.42. The monoisotopic (exact) mass is 608 g/mol. The lowest BCUT2D eigenvalue weighted by Gasteiger charge is -2.30. The van der Waals surface area contributed by atoms with E-state index in [-0.39, 0.29) is 43.1 Å². The molecule has 0 unspecified atom stereocenters. The van der Waals surface area contributed by atoms with Crippen molar-refractivity contribution < 1.29 is 13.6 Å². The zero-order valence-corrected chi connectivity index (χ0v) is 23.2. The molecule has 0 spiro atoms. The second-order valence-corrected chi connectivity index (χ2v) is 10.8. The number of anilines is 2. The van der Waals surface area contributed by atoms with Gasteiger partial charge in [0.15, 0.2) is 0 Å². The SMILES string of the molecule is C.NC1CCN(C(=O)c2cc(Nc3ncc4c(n3)-c3ccc(Cl)cc3C(c3c(F)cccc3F)=NC4)ccc2Cl)CC1. The molecular formula is C31H28Cl2F2N6O. The first-order chi connectivity index (χ1) is 19.8. The van der Waals surface area contributed by atoms with Gasteiger partial charge in [-0.05, 0) is 55.3 Å². The number of likely N-dealkylation sites (tertiary alicyclic amines) is 1. The van der Waals surface area contributed by atoms with E-state index in [9.17, 15) is 13.6 Å². The third-order valence-electron chi connectivity index (χ3n) is 7.24. The molecule has 42 heavy (non-hydrogen) atoms. The van der Waals surface area contributed by atoms with Gasteiger partial charge in [0.05, 0.1) is 34.1 Å². The van der Waals surface area contributed by atoms with Gasteiger partial charge in [-0.2, -0.15) is 0 Å². The summed E-state index contributed by atoms with van der Waals surface area (Å²) in [6.45, 7) is 1.25. The van der Waals surface area contributed by atoms with E-state index < -0.39 is 11.6 Å². The predicted octanol–water partition coefficient (Wildman–Crippen LogP) is 7.02. The van der Waals surface area contributed by atoms with E-state index in [4.69, 9.17) is 33.9 Å². The second kappa shape index (κ2) is 12.1. The number of halogens is 4. The topological polar surface area (TPSA) is 96.5 Å². The van der Waals surface area contributed by atoms with Crippen molar-refractivity contribution in [1.29, 1.82) is 0 Å². The number of piperidine rings is 1. The third kappa shape index (κ3) is 5.72. The van der Waals surface area contributed by atoms with E-state index in [1.807, 2.05) is 0 Å². The number of nitrogens with one attached hydrogen (secondary N) is 1. The fraction of sp³-hybridized carbons (Fsp3) is 0.226. The van der Waals surface area contributed by atoms with Gasteiger partial charge in [0.25, 0.3) is 5.91 Å². The van der Waals surface area contributed by atoms with E-state index in [1.54, 1.807) is 47.5 Å². The molecule has 7 nitrogen and oxygen atoms in total. The molecule has 0 saturated carbocycles. The van der Waals surface area contributed by atoms with E-state index in [0.29, 0.717) is 56.8 Å². The summed E-state index contributed by atoms with van der Waals surface area (Å²) >= 11 is 12.7. The molecule has 11 heteroatoms. The van der Waals surface area contributed by atoms with Gasteiger partial charge in [0, 0.05) is 52.7 Å². The van der Waals surface area contributed by atoms with Crippen LogP contribution in [0.4, 0.5) is 20.4 Å². The first-order valence-corrected chi connectivity index (χ1v) is 13.8. The molecule has 1 amide bonds. The van der Waals surface area contributed by atoms with Crippen LogP contribution in [0.3, 0.4) is 0 Å². The van der Waals surface area contributed by atoms with Gasteiger partial charge in [-0.15, -0.1) is 0 Å². The molecule has 3 aromatic carbocycles. The van der Waals surface area contributed by atoms with Crippen LogP contribution in [0.1, 0.15) is 47.3 Å². The molecule has 2 aliphatic heterocycles. The van der Waals surface area contributed by atoms with Crippen LogP contribution < -0.4 is 11.1 Å². The molecule has 4 aromatic rings. The molecule has 0 radical (unpaired) electrons. The average molecular weight is 610 g/mol. The summed E-state index contributed by atoms with van der Waals surface area (Å²) in [6.07, 6.45) is 3.10. The predicted molar refractivity (Wildman–Crippen MR) is 163 cm³/mol. The zero-order valence-electron chi connectivity index (χ0n) is 21.7. The summed E-state index contributed by atoms with van der Waals surface area (Å²) in [5.41, 5.74) is 9.10. The fourth-order valence-corrected chi connectivity index (χ4v) is 5.46. The van der Waals surface area contributed by atoms with Crippen molar-refractivity contribution in [2.45, 2.75) is 32.9 Å². The molecule has 0 aliphatic carbocycles. The number of carbonyl (C=O) groups is 1. The van der Waals surface area contributed by atoms with E-state index in [2.05, 4.69) is 15.3 Å². The maximum absolute atomic E-state index is 14.8. The highest BCUT2D eigenvalue weighted by Crippen LogP contribution is 2.35. The molecule has 1 saturated heterocycles. The van der Waals surface area contributed by atoms with Crippen molar-refractivity contribution in [2.75, 3.05) is 18.4 Å². The lowest BCUT2D eigenvalue weighted by molar-refractivity contribution is 0.0715. The van der Waals surface area contributed by atoms with Crippen molar-refractivity contribution in [3.63, 3.8) is 0 Å². The highest BCUT2D eigenvalue weighted by Gasteiger charge is 2.26. The first-order valence-electron chi connectivity index (χ1n) is 13.0. The Morgan fingerprint density at radius 3 is 2.48 bits per heavy atom. The summed E-state index contributed by atoms with van der Waals surface area (Å²) in [5.74, 6) is -1.36. The zero-order chi connectivity index (χ0) is 28.7. The molecular weight excluding hydrogens is 581 g/mol.